The van der Waals surface area contributed by atoms with Gasteiger partial charge in [0.25, 0.3) is 0 Å². The molecule has 29 heavy (non-hydrogen) atoms. The molecule has 1 aliphatic rings. The lowest BCUT2D eigenvalue weighted by molar-refractivity contribution is -0.126. The monoisotopic (exact) mass is 414 g/mol. The minimum Gasteiger partial charge on any atom is -0.356 e. The molecule has 2 aromatic rings. The third kappa shape index (κ3) is 5.67. The van der Waals surface area contributed by atoms with Crippen molar-refractivity contribution in [1.29, 1.82) is 0 Å². The minimum absolute atomic E-state index is 0.0402. The van der Waals surface area contributed by atoms with Gasteiger partial charge < -0.3 is 5.32 Å². The van der Waals surface area contributed by atoms with Crippen LogP contribution in [0.2, 0.25) is 0 Å². The highest BCUT2D eigenvalue weighted by Gasteiger charge is 2.30. The molecule has 1 amide bonds. The minimum atomic E-state index is -3.16. The molecule has 0 aromatic heterocycles. The normalized spacial score (nSPS) is 16.1. The standard InChI is InChI=1S/C23H30N2O3S/c1-2-29(27,28)25-17-14-21(15-18-25)23(26)24-16-13-22(19-9-5-3-6-10-19)20-11-7-4-8-12-20/h3-12,21-22H,2,13-18H2,1H3,(H,24,26). The van der Waals surface area contributed by atoms with Crippen LogP contribution in [-0.2, 0) is 14.8 Å². The second-order valence-corrected chi connectivity index (χ2v) is 9.79. The number of rotatable bonds is 8. The molecule has 156 valence electrons. The van der Waals surface area contributed by atoms with Gasteiger partial charge in [-0.2, -0.15) is 0 Å². The number of sulfonamides is 1. The zero-order valence-corrected chi connectivity index (χ0v) is 17.8. The second kappa shape index (κ2) is 10.0. The maximum Gasteiger partial charge on any atom is 0.223 e. The van der Waals surface area contributed by atoms with Crippen molar-refractivity contribution in [2.45, 2.75) is 32.1 Å². The van der Waals surface area contributed by atoms with E-state index in [1.807, 2.05) is 36.4 Å². The van der Waals surface area contributed by atoms with Crippen LogP contribution in [0.1, 0.15) is 43.2 Å². The van der Waals surface area contributed by atoms with Crippen molar-refractivity contribution >= 4 is 15.9 Å². The number of piperidine rings is 1. The number of hydrogen-bond donors (Lipinski definition) is 1. The van der Waals surface area contributed by atoms with Gasteiger partial charge in [-0.25, -0.2) is 12.7 Å². The van der Waals surface area contributed by atoms with Crippen LogP contribution in [0.15, 0.2) is 60.7 Å². The summed E-state index contributed by atoms with van der Waals surface area (Å²) in [7, 11) is -3.16. The lowest BCUT2D eigenvalue weighted by Gasteiger charge is -2.30. The van der Waals surface area contributed by atoms with E-state index >= 15 is 0 Å². The van der Waals surface area contributed by atoms with Gasteiger partial charge in [-0.05, 0) is 37.3 Å². The molecule has 0 saturated carbocycles. The molecule has 0 radical (unpaired) electrons. The molecule has 0 atom stereocenters. The van der Waals surface area contributed by atoms with Gasteiger partial charge in [0.1, 0.15) is 0 Å². The predicted molar refractivity (Wildman–Crippen MR) is 116 cm³/mol. The molecular weight excluding hydrogens is 384 g/mol. The third-order valence-corrected chi connectivity index (χ3v) is 7.60. The SMILES string of the molecule is CCS(=O)(=O)N1CCC(C(=O)NCCC(c2ccccc2)c2ccccc2)CC1. The lowest BCUT2D eigenvalue weighted by atomic mass is 9.88. The van der Waals surface area contributed by atoms with Crippen LogP contribution in [0.5, 0.6) is 0 Å². The Morgan fingerprint density at radius 2 is 1.52 bits per heavy atom. The summed E-state index contributed by atoms with van der Waals surface area (Å²) in [6.07, 6.45) is 2.00. The van der Waals surface area contributed by atoms with Crippen molar-refractivity contribution in [2.24, 2.45) is 5.92 Å². The van der Waals surface area contributed by atoms with Crippen molar-refractivity contribution in [3.05, 3.63) is 71.8 Å². The maximum atomic E-state index is 12.6. The summed E-state index contributed by atoms with van der Waals surface area (Å²) < 4.78 is 25.5. The molecule has 0 bridgehead atoms. The fraction of sp³-hybridized carbons (Fsp3) is 0.435. The highest BCUT2D eigenvalue weighted by molar-refractivity contribution is 7.89. The number of amides is 1. The van der Waals surface area contributed by atoms with Crippen molar-refractivity contribution in [1.82, 2.24) is 9.62 Å². The van der Waals surface area contributed by atoms with Crippen molar-refractivity contribution in [2.75, 3.05) is 25.4 Å². The highest BCUT2D eigenvalue weighted by Crippen LogP contribution is 2.27. The van der Waals surface area contributed by atoms with Crippen molar-refractivity contribution in [3.63, 3.8) is 0 Å². The fourth-order valence-corrected chi connectivity index (χ4v) is 5.09. The zero-order valence-electron chi connectivity index (χ0n) is 17.0. The molecule has 1 saturated heterocycles. The Bertz CT molecular complexity index is 837. The largest absolute Gasteiger partial charge is 0.356 e. The molecule has 2 aromatic carbocycles. The van der Waals surface area contributed by atoms with Gasteiger partial charge in [0, 0.05) is 31.5 Å². The van der Waals surface area contributed by atoms with E-state index in [1.165, 1.54) is 15.4 Å². The van der Waals surface area contributed by atoms with Crippen molar-refractivity contribution in [3.8, 4) is 0 Å². The van der Waals surface area contributed by atoms with Crippen LogP contribution >= 0.6 is 0 Å². The summed E-state index contributed by atoms with van der Waals surface area (Å²) in [5, 5.41) is 3.08. The Hall–Kier alpha value is -2.18. The average Bonchev–Trinajstić information content (AvgIpc) is 2.78. The van der Waals surface area contributed by atoms with Crippen LogP contribution in [0, 0.1) is 5.92 Å². The molecular formula is C23H30N2O3S. The Kier molecular flexibility index (Phi) is 7.45. The Morgan fingerprint density at radius 1 is 1.00 bits per heavy atom. The van der Waals surface area contributed by atoms with Crippen LogP contribution in [0.25, 0.3) is 0 Å². The Balaban J connectivity index is 1.54. The lowest BCUT2D eigenvalue weighted by Crippen LogP contribution is -2.43. The first-order valence-electron chi connectivity index (χ1n) is 10.4. The molecule has 0 spiro atoms. The van der Waals surface area contributed by atoms with Crippen LogP contribution in [0.3, 0.4) is 0 Å². The number of nitrogens with zero attached hydrogens (tertiary/aromatic N) is 1. The summed E-state index contributed by atoms with van der Waals surface area (Å²) in [5.74, 6) is 0.280. The third-order valence-electron chi connectivity index (χ3n) is 5.72. The number of hydrogen-bond acceptors (Lipinski definition) is 3. The van der Waals surface area contributed by atoms with Gasteiger partial charge in [0.15, 0.2) is 0 Å². The van der Waals surface area contributed by atoms with E-state index in [-0.39, 0.29) is 23.5 Å². The number of carbonyl (C=O) groups excluding carboxylic acids is 1. The van der Waals surface area contributed by atoms with Crippen LogP contribution in [-0.4, -0.2) is 44.0 Å². The van der Waals surface area contributed by atoms with Gasteiger partial charge in [-0.3, -0.25) is 4.79 Å². The number of nitrogens with one attached hydrogen (secondary N) is 1. The Morgan fingerprint density at radius 3 is 2.00 bits per heavy atom. The second-order valence-electron chi connectivity index (χ2n) is 7.53. The van der Waals surface area contributed by atoms with Crippen molar-refractivity contribution < 1.29 is 13.2 Å². The number of carbonyl (C=O) groups is 1. The highest BCUT2D eigenvalue weighted by atomic mass is 32.2. The Labute approximate surface area is 174 Å². The molecule has 5 nitrogen and oxygen atoms in total. The summed E-state index contributed by atoms with van der Waals surface area (Å²) in [4.78, 5) is 12.6. The van der Waals surface area contributed by atoms with Gasteiger partial charge in [-0.1, -0.05) is 60.7 Å². The summed E-state index contributed by atoms with van der Waals surface area (Å²) in [6.45, 7) is 3.13. The maximum absolute atomic E-state index is 12.6. The first-order valence-corrected chi connectivity index (χ1v) is 12.0. The molecule has 3 rings (SSSR count). The summed E-state index contributed by atoms with van der Waals surface area (Å²) in [5.41, 5.74) is 2.48. The molecule has 0 unspecified atom stereocenters. The first-order chi connectivity index (χ1) is 14.0. The van der Waals surface area contributed by atoms with Crippen LogP contribution in [0.4, 0.5) is 0 Å². The molecule has 1 aliphatic heterocycles. The van der Waals surface area contributed by atoms with E-state index in [1.54, 1.807) is 6.92 Å². The fourth-order valence-electron chi connectivity index (χ4n) is 3.96. The van der Waals surface area contributed by atoms with E-state index in [2.05, 4.69) is 29.6 Å². The molecule has 0 aliphatic carbocycles. The smallest absolute Gasteiger partial charge is 0.223 e. The summed E-state index contributed by atoms with van der Waals surface area (Å²) >= 11 is 0. The van der Waals surface area contributed by atoms with E-state index in [4.69, 9.17) is 0 Å². The molecule has 6 heteroatoms. The van der Waals surface area contributed by atoms with E-state index in [9.17, 15) is 13.2 Å². The number of benzene rings is 2. The summed E-state index contributed by atoms with van der Waals surface area (Å²) in [6, 6.07) is 20.7. The predicted octanol–water partition coefficient (Wildman–Crippen LogP) is 3.39. The van der Waals surface area contributed by atoms with Gasteiger partial charge in [0.05, 0.1) is 5.75 Å². The van der Waals surface area contributed by atoms with E-state index in [0.29, 0.717) is 32.5 Å². The van der Waals surface area contributed by atoms with Gasteiger partial charge in [-0.15, -0.1) is 0 Å². The van der Waals surface area contributed by atoms with Crippen LogP contribution < -0.4 is 5.32 Å². The molecule has 1 heterocycles. The zero-order chi connectivity index (χ0) is 20.7. The van der Waals surface area contributed by atoms with E-state index in [0.717, 1.165) is 6.42 Å². The molecule has 1 N–H and O–H groups in total. The van der Waals surface area contributed by atoms with E-state index < -0.39 is 10.0 Å². The average molecular weight is 415 g/mol. The first kappa shape index (κ1) is 21.5. The van der Waals surface area contributed by atoms with Gasteiger partial charge >= 0.3 is 0 Å². The van der Waals surface area contributed by atoms with Gasteiger partial charge in [0.2, 0.25) is 15.9 Å². The quantitative estimate of drug-likeness (QED) is 0.720. The topological polar surface area (TPSA) is 66.5 Å². The molecule has 1 fully saturated rings.